The minimum Gasteiger partial charge on any atom is -0.395 e. The Labute approximate surface area is 108 Å². The van der Waals surface area contributed by atoms with Gasteiger partial charge in [0.05, 0.1) is 6.61 Å². The van der Waals surface area contributed by atoms with E-state index in [4.69, 9.17) is 16.7 Å². The van der Waals surface area contributed by atoms with Gasteiger partial charge in [-0.15, -0.1) is 0 Å². The lowest BCUT2D eigenvalue weighted by Gasteiger charge is -2.36. The smallest absolute Gasteiger partial charge is 0.0558 e. The van der Waals surface area contributed by atoms with Crippen molar-refractivity contribution >= 4 is 17.3 Å². The number of β-amino-alcohol motifs (C(OH)–C–C–N with tert-alkyl or cyclic N) is 1. The summed E-state index contributed by atoms with van der Waals surface area (Å²) in [6.07, 6.45) is 0. The lowest BCUT2D eigenvalue weighted by molar-refractivity contribution is 0.188. The SMILES string of the molecule is Cc1cc(Cl)ccc1N1CCN(CCO)CC1. The molecule has 94 valence electrons. The fourth-order valence-corrected chi connectivity index (χ4v) is 2.55. The number of anilines is 1. The first-order valence-electron chi connectivity index (χ1n) is 6.05. The highest BCUT2D eigenvalue weighted by Crippen LogP contribution is 2.24. The van der Waals surface area contributed by atoms with Gasteiger partial charge in [0, 0.05) is 43.4 Å². The number of benzene rings is 1. The van der Waals surface area contributed by atoms with E-state index in [1.54, 1.807) is 0 Å². The van der Waals surface area contributed by atoms with Crippen molar-refractivity contribution in [1.82, 2.24) is 4.90 Å². The molecule has 1 aromatic carbocycles. The summed E-state index contributed by atoms with van der Waals surface area (Å²) in [6, 6.07) is 6.06. The van der Waals surface area contributed by atoms with Crippen molar-refractivity contribution in [3.8, 4) is 0 Å². The molecule has 1 N–H and O–H groups in total. The standard InChI is InChI=1S/C13H19ClN2O/c1-11-10-12(14)2-3-13(11)16-6-4-15(5-7-16)8-9-17/h2-3,10,17H,4-9H2,1H3. The Kier molecular flexibility index (Phi) is 4.26. The number of halogens is 1. The number of nitrogens with zero attached hydrogens (tertiary/aromatic N) is 2. The second-order valence-corrected chi connectivity index (χ2v) is 4.92. The van der Waals surface area contributed by atoms with Gasteiger partial charge in [0.1, 0.15) is 0 Å². The van der Waals surface area contributed by atoms with Crippen LogP contribution in [0.25, 0.3) is 0 Å². The van der Waals surface area contributed by atoms with E-state index < -0.39 is 0 Å². The highest BCUT2D eigenvalue weighted by Gasteiger charge is 2.17. The topological polar surface area (TPSA) is 26.7 Å². The molecule has 0 amide bonds. The fraction of sp³-hybridized carbons (Fsp3) is 0.538. The average Bonchev–Trinajstić information content (AvgIpc) is 2.31. The van der Waals surface area contributed by atoms with E-state index in [2.05, 4.69) is 22.8 Å². The third-order valence-electron chi connectivity index (χ3n) is 3.29. The van der Waals surface area contributed by atoms with Gasteiger partial charge in [-0.1, -0.05) is 11.6 Å². The molecule has 0 bridgehead atoms. The Morgan fingerprint density at radius 3 is 2.53 bits per heavy atom. The van der Waals surface area contributed by atoms with Crippen LogP contribution >= 0.6 is 11.6 Å². The average molecular weight is 255 g/mol. The molecular weight excluding hydrogens is 236 g/mol. The second-order valence-electron chi connectivity index (χ2n) is 4.48. The van der Waals surface area contributed by atoms with Crippen LogP contribution in [0.5, 0.6) is 0 Å². The van der Waals surface area contributed by atoms with Gasteiger partial charge in [0.25, 0.3) is 0 Å². The van der Waals surface area contributed by atoms with Crippen LogP contribution in [0.2, 0.25) is 5.02 Å². The molecule has 3 nitrogen and oxygen atoms in total. The summed E-state index contributed by atoms with van der Waals surface area (Å²) in [7, 11) is 0. The number of aliphatic hydroxyl groups is 1. The maximum atomic E-state index is 8.91. The van der Waals surface area contributed by atoms with Gasteiger partial charge in [-0.3, -0.25) is 4.90 Å². The van der Waals surface area contributed by atoms with E-state index >= 15 is 0 Å². The van der Waals surface area contributed by atoms with Crippen molar-refractivity contribution in [3.05, 3.63) is 28.8 Å². The summed E-state index contributed by atoms with van der Waals surface area (Å²) in [5.41, 5.74) is 2.51. The maximum absolute atomic E-state index is 8.91. The van der Waals surface area contributed by atoms with Gasteiger partial charge >= 0.3 is 0 Å². The molecule has 0 aromatic heterocycles. The molecule has 17 heavy (non-hydrogen) atoms. The molecule has 4 heteroatoms. The van der Waals surface area contributed by atoms with Crippen LogP contribution in [0.4, 0.5) is 5.69 Å². The van der Waals surface area contributed by atoms with Crippen LogP contribution in [0.1, 0.15) is 5.56 Å². The quantitative estimate of drug-likeness (QED) is 0.891. The van der Waals surface area contributed by atoms with Crippen molar-refractivity contribution in [2.45, 2.75) is 6.92 Å². The zero-order chi connectivity index (χ0) is 12.3. The lowest BCUT2D eigenvalue weighted by Crippen LogP contribution is -2.47. The predicted octanol–water partition coefficient (Wildman–Crippen LogP) is 1.76. The molecule has 1 heterocycles. The highest BCUT2D eigenvalue weighted by molar-refractivity contribution is 6.30. The molecule has 1 aliphatic heterocycles. The Hall–Kier alpha value is -0.770. The van der Waals surface area contributed by atoms with Gasteiger partial charge < -0.3 is 10.0 Å². The molecule has 2 rings (SSSR count). The van der Waals surface area contributed by atoms with Crippen LogP contribution in [-0.2, 0) is 0 Å². The van der Waals surface area contributed by atoms with E-state index in [1.165, 1.54) is 11.3 Å². The van der Waals surface area contributed by atoms with Crippen molar-refractivity contribution in [2.75, 3.05) is 44.2 Å². The van der Waals surface area contributed by atoms with Crippen molar-refractivity contribution < 1.29 is 5.11 Å². The molecule has 0 radical (unpaired) electrons. The van der Waals surface area contributed by atoms with Gasteiger partial charge in [0.2, 0.25) is 0 Å². The fourth-order valence-electron chi connectivity index (χ4n) is 2.33. The van der Waals surface area contributed by atoms with Crippen LogP contribution in [0.3, 0.4) is 0 Å². The van der Waals surface area contributed by atoms with Gasteiger partial charge in [-0.25, -0.2) is 0 Å². The summed E-state index contributed by atoms with van der Waals surface area (Å²) in [6.45, 7) is 7.20. The largest absolute Gasteiger partial charge is 0.395 e. The minimum absolute atomic E-state index is 0.250. The number of aliphatic hydroxyl groups excluding tert-OH is 1. The molecular formula is C13H19ClN2O. The monoisotopic (exact) mass is 254 g/mol. The lowest BCUT2D eigenvalue weighted by atomic mass is 10.1. The van der Waals surface area contributed by atoms with Crippen molar-refractivity contribution in [2.24, 2.45) is 0 Å². The van der Waals surface area contributed by atoms with Crippen LogP contribution in [0.15, 0.2) is 18.2 Å². The van der Waals surface area contributed by atoms with Crippen LogP contribution < -0.4 is 4.90 Å². The summed E-state index contributed by atoms with van der Waals surface area (Å²) >= 11 is 5.97. The zero-order valence-electron chi connectivity index (χ0n) is 10.2. The van der Waals surface area contributed by atoms with E-state index in [9.17, 15) is 0 Å². The molecule has 0 atom stereocenters. The molecule has 0 saturated carbocycles. The second kappa shape index (κ2) is 5.71. The number of aryl methyl sites for hydroxylation is 1. The maximum Gasteiger partial charge on any atom is 0.0558 e. The van der Waals surface area contributed by atoms with E-state index in [1.807, 2.05) is 12.1 Å². The third-order valence-corrected chi connectivity index (χ3v) is 3.52. The normalized spacial score (nSPS) is 17.5. The number of hydrogen-bond donors (Lipinski definition) is 1. The minimum atomic E-state index is 0.250. The van der Waals surface area contributed by atoms with E-state index in [0.29, 0.717) is 0 Å². The Balaban J connectivity index is 2.00. The number of rotatable bonds is 3. The number of piperazine rings is 1. The molecule has 0 aliphatic carbocycles. The van der Waals surface area contributed by atoms with Crippen molar-refractivity contribution in [3.63, 3.8) is 0 Å². The predicted molar refractivity (Wildman–Crippen MR) is 71.9 cm³/mol. The Bertz CT molecular complexity index is 376. The van der Waals surface area contributed by atoms with Crippen LogP contribution in [-0.4, -0.2) is 49.3 Å². The van der Waals surface area contributed by atoms with Gasteiger partial charge in [-0.2, -0.15) is 0 Å². The van der Waals surface area contributed by atoms with Gasteiger partial charge in [0.15, 0.2) is 0 Å². The van der Waals surface area contributed by atoms with Gasteiger partial charge in [-0.05, 0) is 30.7 Å². The van der Waals surface area contributed by atoms with Crippen molar-refractivity contribution in [1.29, 1.82) is 0 Å². The zero-order valence-corrected chi connectivity index (χ0v) is 11.0. The molecule has 0 spiro atoms. The first-order chi connectivity index (χ1) is 8.20. The third kappa shape index (κ3) is 3.12. The Morgan fingerprint density at radius 2 is 1.94 bits per heavy atom. The molecule has 0 unspecified atom stereocenters. The van der Waals surface area contributed by atoms with E-state index in [-0.39, 0.29) is 6.61 Å². The Morgan fingerprint density at radius 1 is 1.24 bits per heavy atom. The summed E-state index contributed by atoms with van der Waals surface area (Å²) < 4.78 is 0. The summed E-state index contributed by atoms with van der Waals surface area (Å²) in [5, 5.41) is 9.70. The first-order valence-corrected chi connectivity index (χ1v) is 6.43. The molecule has 1 saturated heterocycles. The summed E-state index contributed by atoms with van der Waals surface area (Å²) in [5.74, 6) is 0. The molecule has 1 fully saturated rings. The summed E-state index contributed by atoms with van der Waals surface area (Å²) in [4.78, 5) is 4.68. The number of hydrogen-bond acceptors (Lipinski definition) is 3. The van der Waals surface area contributed by atoms with Crippen LogP contribution in [0, 0.1) is 6.92 Å². The molecule has 1 aromatic rings. The molecule has 1 aliphatic rings. The van der Waals surface area contributed by atoms with E-state index in [0.717, 1.165) is 37.7 Å². The first kappa shape index (κ1) is 12.7. The highest BCUT2D eigenvalue weighted by atomic mass is 35.5.